The summed E-state index contributed by atoms with van der Waals surface area (Å²) in [4.78, 5) is 12.3. The molecule has 5 nitrogen and oxygen atoms in total. The lowest BCUT2D eigenvalue weighted by Gasteiger charge is -2.16. The van der Waals surface area contributed by atoms with Crippen LogP contribution in [0.4, 0.5) is 0 Å². The first-order chi connectivity index (χ1) is 13.1. The Morgan fingerprint density at radius 2 is 1.52 bits per heavy atom. The number of nitrogens with one attached hydrogen (secondary N) is 1. The smallest absolute Gasteiger partial charge is 0.258 e. The predicted molar refractivity (Wildman–Crippen MR) is 106 cm³/mol. The molecule has 0 aliphatic heterocycles. The molecule has 27 heavy (non-hydrogen) atoms. The van der Waals surface area contributed by atoms with Crippen molar-refractivity contribution in [2.45, 2.75) is 13.0 Å². The minimum Gasteiger partial charge on any atom is -0.496 e. The number of ether oxygens (including phenoxy) is 3. The quantitative estimate of drug-likeness (QED) is 0.684. The lowest BCUT2D eigenvalue weighted by molar-refractivity contribution is -0.123. The molecule has 0 aliphatic carbocycles. The lowest BCUT2D eigenvalue weighted by atomic mass is 10.0. The van der Waals surface area contributed by atoms with Crippen LogP contribution in [0.1, 0.15) is 18.5 Å². The van der Waals surface area contributed by atoms with Gasteiger partial charge in [0.25, 0.3) is 5.91 Å². The number of hydrogen-bond donors (Lipinski definition) is 1. The van der Waals surface area contributed by atoms with Crippen LogP contribution in [0, 0.1) is 0 Å². The summed E-state index contributed by atoms with van der Waals surface area (Å²) in [6.45, 7) is 1.87. The highest BCUT2D eigenvalue weighted by Gasteiger charge is 2.11. The van der Waals surface area contributed by atoms with E-state index in [1.54, 1.807) is 32.4 Å². The van der Waals surface area contributed by atoms with E-state index in [9.17, 15) is 4.79 Å². The van der Waals surface area contributed by atoms with Gasteiger partial charge in [-0.15, -0.1) is 0 Å². The van der Waals surface area contributed by atoms with Crippen LogP contribution >= 0.6 is 0 Å². The summed E-state index contributed by atoms with van der Waals surface area (Å²) in [5, 5.41) is 5.29. The average Bonchev–Trinajstić information content (AvgIpc) is 2.71. The van der Waals surface area contributed by atoms with Gasteiger partial charge in [-0.3, -0.25) is 4.79 Å². The molecule has 0 bridgehead atoms. The molecular formula is C22H23NO4. The summed E-state index contributed by atoms with van der Waals surface area (Å²) in [6, 6.07) is 19.4. The van der Waals surface area contributed by atoms with E-state index in [1.165, 1.54) is 5.39 Å². The molecule has 0 spiro atoms. The van der Waals surface area contributed by atoms with Gasteiger partial charge < -0.3 is 19.5 Å². The van der Waals surface area contributed by atoms with Crippen LogP contribution in [-0.4, -0.2) is 26.7 Å². The van der Waals surface area contributed by atoms with E-state index in [0.717, 1.165) is 10.9 Å². The molecule has 1 atom stereocenters. The van der Waals surface area contributed by atoms with Crippen molar-refractivity contribution in [2.75, 3.05) is 20.8 Å². The highest BCUT2D eigenvalue weighted by atomic mass is 16.5. The molecule has 0 heterocycles. The van der Waals surface area contributed by atoms with Crippen molar-refractivity contribution in [3.63, 3.8) is 0 Å². The number of rotatable bonds is 7. The molecule has 3 rings (SSSR count). The third-order valence-corrected chi connectivity index (χ3v) is 4.35. The van der Waals surface area contributed by atoms with Crippen molar-refractivity contribution in [2.24, 2.45) is 0 Å². The van der Waals surface area contributed by atoms with Crippen LogP contribution in [0.25, 0.3) is 10.8 Å². The van der Waals surface area contributed by atoms with Gasteiger partial charge in [0.05, 0.1) is 20.3 Å². The molecular weight excluding hydrogens is 342 g/mol. The second kappa shape index (κ2) is 8.45. The van der Waals surface area contributed by atoms with E-state index in [2.05, 4.69) is 29.6 Å². The molecule has 0 fully saturated rings. The van der Waals surface area contributed by atoms with Crippen molar-refractivity contribution in [1.29, 1.82) is 0 Å². The van der Waals surface area contributed by atoms with E-state index in [1.807, 2.05) is 25.1 Å². The third-order valence-electron chi connectivity index (χ3n) is 4.35. The van der Waals surface area contributed by atoms with E-state index < -0.39 is 0 Å². The summed E-state index contributed by atoms with van der Waals surface area (Å²) in [5.74, 6) is 1.53. The molecule has 5 heteroatoms. The maximum atomic E-state index is 12.3. The normalized spacial score (nSPS) is 11.7. The SMILES string of the molecule is COc1cc(OC)cc(OCC(=O)N[C@H](C)c2ccc3ccccc3c2)c1. The average molecular weight is 365 g/mol. The van der Waals surface area contributed by atoms with Gasteiger partial charge in [-0.05, 0) is 29.3 Å². The van der Waals surface area contributed by atoms with Crippen molar-refractivity contribution in [3.8, 4) is 17.2 Å². The zero-order chi connectivity index (χ0) is 19.2. The van der Waals surface area contributed by atoms with Crippen LogP contribution in [-0.2, 0) is 4.79 Å². The summed E-state index contributed by atoms with van der Waals surface area (Å²) in [5.41, 5.74) is 1.05. The van der Waals surface area contributed by atoms with Gasteiger partial charge in [0.1, 0.15) is 17.2 Å². The van der Waals surface area contributed by atoms with Crippen LogP contribution in [0.2, 0.25) is 0 Å². The maximum Gasteiger partial charge on any atom is 0.258 e. The van der Waals surface area contributed by atoms with E-state index in [0.29, 0.717) is 17.2 Å². The first kappa shape index (κ1) is 18.6. The predicted octanol–water partition coefficient (Wildman–Crippen LogP) is 4.11. The van der Waals surface area contributed by atoms with Gasteiger partial charge in [0, 0.05) is 18.2 Å². The summed E-state index contributed by atoms with van der Waals surface area (Å²) in [7, 11) is 3.13. The van der Waals surface area contributed by atoms with Crippen LogP contribution < -0.4 is 19.5 Å². The van der Waals surface area contributed by atoms with Crippen molar-refractivity contribution >= 4 is 16.7 Å². The van der Waals surface area contributed by atoms with Crippen LogP contribution in [0.5, 0.6) is 17.2 Å². The Hall–Kier alpha value is -3.21. The largest absolute Gasteiger partial charge is 0.496 e. The van der Waals surface area contributed by atoms with E-state index >= 15 is 0 Å². The Balaban J connectivity index is 1.61. The van der Waals surface area contributed by atoms with Gasteiger partial charge in [0.2, 0.25) is 0 Å². The molecule has 0 saturated carbocycles. The second-order valence-corrected chi connectivity index (χ2v) is 6.23. The summed E-state index contributed by atoms with van der Waals surface area (Å²) in [6.07, 6.45) is 0. The summed E-state index contributed by atoms with van der Waals surface area (Å²) < 4.78 is 16.0. The van der Waals surface area contributed by atoms with Gasteiger partial charge >= 0.3 is 0 Å². The van der Waals surface area contributed by atoms with E-state index in [-0.39, 0.29) is 18.6 Å². The minimum atomic E-state index is -0.197. The van der Waals surface area contributed by atoms with Crippen LogP contribution in [0.15, 0.2) is 60.7 Å². The lowest BCUT2D eigenvalue weighted by Crippen LogP contribution is -2.31. The fourth-order valence-electron chi connectivity index (χ4n) is 2.86. The minimum absolute atomic E-state index is 0.0890. The fraction of sp³-hybridized carbons (Fsp3) is 0.227. The Morgan fingerprint density at radius 3 is 2.19 bits per heavy atom. The number of hydrogen-bond acceptors (Lipinski definition) is 4. The highest BCUT2D eigenvalue weighted by molar-refractivity contribution is 5.83. The van der Waals surface area contributed by atoms with Gasteiger partial charge in [-0.2, -0.15) is 0 Å². The molecule has 1 amide bonds. The number of carbonyl (C=O) groups is 1. The Kier molecular flexibility index (Phi) is 5.81. The standard InChI is InChI=1S/C22H23NO4/c1-15(17-9-8-16-6-4-5-7-18(16)10-17)23-22(24)14-27-21-12-19(25-2)11-20(13-21)26-3/h4-13,15H,14H2,1-3H3,(H,23,24)/t15-/m1/s1. The van der Waals surface area contributed by atoms with Gasteiger partial charge in [-0.25, -0.2) is 0 Å². The molecule has 0 aromatic heterocycles. The van der Waals surface area contributed by atoms with Crippen molar-refractivity contribution in [3.05, 3.63) is 66.2 Å². The van der Waals surface area contributed by atoms with E-state index in [4.69, 9.17) is 14.2 Å². The molecule has 0 radical (unpaired) electrons. The van der Waals surface area contributed by atoms with Crippen molar-refractivity contribution < 1.29 is 19.0 Å². The Bertz CT molecular complexity index is 916. The Morgan fingerprint density at radius 1 is 0.889 bits per heavy atom. The van der Waals surface area contributed by atoms with Crippen molar-refractivity contribution in [1.82, 2.24) is 5.32 Å². The Labute approximate surface area is 158 Å². The molecule has 140 valence electrons. The molecule has 0 unspecified atom stereocenters. The number of fused-ring (bicyclic) bond motifs is 1. The van der Waals surface area contributed by atoms with Gasteiger partial charge in [0.15, 0.2) is 6.61 Å². The highest BCUT2D eigenvalue weighted by Crippen LogP contribution is 2.27. The molecule has 1 N–H and O–H groups in total. The number of benzene rings is 3. The zero-order valence-electron chi connectivity index (χ0n) is 15.7. The number of methoxy groups -OCH3 is 2. The third kappa shape index (κ3) is 4.70. The number of carbonyl (C=O) groups excluding carboxylic acids is 1. The first-order valence-electron chi connectivity index (χ1n) is 8.73. The molecule has 0 saturated heterocycles. The molecule has 3 aromatic rings. The summed E-state index contributed by atoms with van der Waals surface area (Å²) >= 11 is 0. The fourth-order valence-corrected chi connectivity index (χ4v) is 2.86. The maximum absolute atomic E-state index is 12.3. The second-order valence-electron chi connectivity index (χ2n) is 6.23. The first-order valence-corrected chi connectivity index (χ1v) is 8.73. The molecule has 3 aromatic carbocycles. The monoisotopic (exact) mass is 365 g/mol. The number of amides is 1. The molecule has 0 aliphatic rings. The zero-order valence-corrected chi connectivity index (χ0v) is 15.7. The van der Waals surface area contributed by atoms with Gasteiger partial charge in [-0.1, -0.05) is 36.4 Å². The topological polar surface area (TPSA) is 56.8 Å². The van der Waals surface area contributed by atoms with Crippen LogP contribution in [0.3, 0.4) is 0 Å².